The summed E-state index contributed by atoms with van der Waals surface area (Å²) in [4.78, 5) is 1.04. The van der Waals surface area contributed by atoms with Gasteiger partial charge in [-0.25, -0.2) is 0 Å². The molecule has 1 unspecified atom stereocenters. The molecule has 2 aromatic rings. The molecule has 0 amide bonds. The van der Waals surface area contributed by atoms with Crippen molar-refractivity contribution in [2.45, 2.75) is 13.0 Å². The molecule has 0 bridgehead atoms. The van der Waals surface area contributed by atoms with E-state index in [2.05, 4.69) is 21.3 Å². The lowest BCUT2D eigenvalue weighted by Crippen LogP contribution is -2.10. The van der Waals surface area contributed by atoms with E-state index in [1.807, 2.05) is 17.7 Å². The van der Waals surface area contributed by atoms with E-state index in [-0.39, 0.29) is 6.04 Å². The van der Waals surface area contributed by atoms with Gasteiger partial charge in [-0.3, -0.25) is 0 Å². The van der Waals surface area contributed by atoms with Crippen LogP contribution in [0.5, 0.6) is 0 Å². The summed E-state index contributed by atoms with van der Waals surface area (Å²) in [6, 6.07) is -0.128. The Kier molecular flexibility index (Phi) is 3.52. The molecule has 1 nitrogen and oxygen atoms in total. The number of aryl methyl sites for hydroxylation is 1. The van der Waals surface area contributed by atoms with Crippen LogP contribution in [0.1, 0.15) is 22.0 Å². The highest BCUT2D eigenvalue weighted by Crippen LogP contribution is 2.37. The Hall–Kier alpha value is 0.130. The second-order valence-electron chi connectivity index (χ2n) is 3.25. The topological polar surface area (TPSA) is 26.0 Å². The molecule has 0 aliphatic heterocycles. The smallest absolute Gasteiger partial charge is 0.0680 e. The molecule has 15 heavy (non-hydrogen) atoms. The average molecular weight is 323 g/mol. The summed E-state index contributed by atoms with van der Waals surface area (Å²) in [6.45, 7) is 2.00. The predicted octanol–water partition coefficient (Wildman–Crippen LogP) is 4.58. The van der Waals surface area contributed by atoms with Crippen molar-refractivity contribution in [1.29, 1.82) is 0 Å². The number of nitrogens with two attached hydrogens (primary N) is 1. The molecule has 2 aromatic heterocycles. The van der Waals surface area contributed by atoms with E-state index in [4.69, 9.17) is 17.3 Å². The number of thiophene rings is 2. The molecule has 0 fully saturated rings. The van der Waals surface area contributed by atoms with Crippen LogP contribution in [0, 0.1) is 6.92 Å². The normalized spacial score (nSPS) is 13.1. The van der Waals surface area contributed by atoms with Gasteiger partial charge in [-0.1, -0.05) is 11.6 Å². The van der Waals surface area contributed by atoms with Gasteiger partial charge in [0, 0.05) is 14.7 Å². The van der Waals surface area contributed by atoms with Crippen LogP contribution in [0.25, 0.3) is 0 Å². The number of hydrogen-bond acceptors (Lipinski definition) is 3. The molecule has 0 saturated carbocycles. The van der Waals surface area contributed by atoms with Gasteiger partial charge in [-0.2, -0.15) is 11.3 Å². The zero-order valence-corrected chi connectivity index (χ0v) is 11.9. The van der Waals surface area contributed by atoms with E-state index >= 15 is 0 Å². The fourth-order valence-corrected chi connectivity index (χ4v) is 4.22. The first kappa shape index (κ1) is 11.6. The molecule has 1 atom stereocenters. The van der Waals surface area contributed by atoms with Gasteiger partial charge < -0.3 is 5.73 Å². The third-order valence-electron chi connectivity index (χ3n) is 2.19. The molecule has 0 saturated heterocycles. The highest BCUT2D eigenvalue weighted by molar-refractivity contribution is 9.10. The molecule has 2 N–H and O–H groups in total. The largest absolute Gasteiger partial charge is 0.320 e. The lowest BCUT2D eigenvalue weighted by molar-refractivity contribution is 0.893. The lowest BCUT2D eigenvalue weighted by Gasteiger charge is -2.09. The van der Waals surface area contributed by atoms with Crippen molar-refractivity contribution in [2.24, 2.45) is 5.73 Å². The SMILES string of the molecule is Cc1csc(C(N)c2cscc2Br)c1Cl. The van der Waals surface area contributed by atoms with Crippen LogP contribution < -0.4 is 5.73 Å². The van der Waals surface area contributed by atoms with Crippen molar-refractivity contribution in [1.82, 2.24) is 0 Å². The van der Waals surface area contributed by atoms with Crippen LogP contribution in [-0.4, -0.2) is 0 Å². The molecular formula is C10H9BrClNS2. The quantitative estimate of drug-likeness (QED) is 0.860. The Morgan fingerprint density at radius 1 is 1.40 bits per heavy atom. The summed E-state index contributed by atoms with van der Waals surface area (Å²) < 4.78 is 1.06. The first-order chi connectivity index (χ1) is 7.11. The number of rotatable bonds is 2. The number of hydrogen-bond donors (Lipinski definition) is 1. The van der Waals surface area contributed by atoms with Crippen LogP contribution in [-0.2, 0) is 0 Å². The van der Waals surface area contributed by atoms with Crippen molar-refractivity contribution in [3.63, 3.8) is 0 Å². The summed E-state index contributed by atoms with van der Waals surface area (Å²) in [5, 5.41) is 6.92. The van der Waals surface area contributed by atoms with Gasteiger partial charge >= 0.3 is 0 Å². The maximum absolute atomic E-state index is 6.19. The highest BCUT2D eigenvalue weighted by Gasteiger charge is 2.18. The second-order valence-corrected chi connectivity index (χ2v) is 6.14. The van der Waals surface area contributed by atoms with E-state index in [0.717, 1.165) is 25.5 Å². The van der Waals surface area contributed by atoms with Gasteiger partial charge in [0.1, 0.15) is 0 Å². The zero-order chi connectivity index (χ0) is 11.0. The fraction of sp³-hybridized carbons (Fsp3) is 0.200. The molecule has 80 valence electrons. The summed E-state index contributed by atoms with van der Waals surface area (Å²) in [5.74, 6) is 0. The minimum Gasteiger partial charge on any atom is -0.320 e. The average Bonchev–Trinajstić information content (AvgIpc) is 2.75. The summed E-state index contributed by atoms with van der Waals surface area (Å²) >= 11 is 12.9. The first-order valence-electron chi connectivity index (χ1n) is 4.32. The molecule has 0 radical (unpaired) electrons. The highest BCUT2D eigenvalue weighted by atomic mass is 79.9. The molecule has 2 heterocycles. The standard InChI is InChI=1S/C10H9BrClNS2/c1-5-2-15-10(8(5)12)9(13)6-3-14-4-7(6)11/h2-4,9H,13H2,1H3. The minimum absolute atomic E-state index is 0.128. The van der Waals surface area contributed by atoms with Crippen molar-refractivity contribution in [3.8, 4) is 0 Å². The van der Waals surface area contributed by atoms with Crippen LogP contribution in [0.15, 0.2) is 20.6 Å². The Morgan fingerprint density at radius 2 is 2.13 bits per heavy atom. The molecular weight excluding hydrogens is 314 g/mol. The monoisotopic (exact) mass is 321 g/mol. The fourth-order valence-electron chi connectivity index (χ4n) is 1.31. The Balaban J connectivity index is 2.41. The first-order valence-corrected chi connectivity index (χ1v) is 7.31. The van der Waals surface area contributed by atoms with Gasteiger partial charge in [0.2, 0.25) is 0 Å². The van der Waals surface area contributed by atoms with Crippen molar-refractivity contribution < 1.29 is 0 Å². The van der Waals surface area contributed by atoms with E-state index in [1.54, 1.807) is 22.7 Å². The van der Waals surface area contributed by atoms with Crippen molar-refractivity contribution in [2.75, 3.05) is 0 Å². The Bertz CT molecular complexity index is 477. The van der Waals surface area contributed by atoms with Gasteiger partial charge in [0.05, 0.1) is 11.1 Å². The summed E-state index contributed by atoms with van der Waals surface area (Å²) in [5.41, 5.74) is 8.37. The summed E-state index contributed by atoms with van der Waals surface area (Å²) in [7, 11) is 0. The van der Waals surface area contributed by atoms with Gasteiger partial charge in [-0.05, 0) is 44.7 Å². The molecule has 0 aliphatic rings. The zero-order valence-electron chi connectivity index (χ0n) is 7.96. The maximum atomic E-state index is 6.19. The minimum atomic E-state index is -0.128. The van der Waals surface area contributed by atoms with Crippen LogP contribution in [0.3, 0.4) is 0 Å². The summed E-state index contributed by atoms with van der Waals surface area (Å²) in [6.07, 6.45) is 0. The van der Waals surface area contributed by atoms with E-state index in [1.165, 1.54) is 0 Å². The lowest BCUT2D eigenvalue weighted by atomic mass is 10.1. The second kappa shape index (κ2) is 4.55. The molecule has 2 rings (SSSR count). The maximum Gasteiger partial charge on any atom is 0.0680 e. The molecule has 0 aliphatic carbocycles. The molecule has 0 spiro atoms. The number of halogens is 2. The van der Waals surface area contributed by atoms with Crippen LogP contribution in [0.4, 0.5) is 0 Å². The Morgan fingerprint density at radius 3 is 2.60 bits per heavy atom. The van der Waals surface area contributed by atoms with Gasteiger partial charge in [0.15, 0.2) is 0 Å². The predicted molar refractivity (Wildman–Crippen MR) is 72.1 cm³/mol. The Labute approximate surface area is 110 Å². The van der Waals surface area contributed by atoms with Crippen LogP contribution in [0.2, 0.25) is 5.02 Å². The molecule has 0 aromatic carbocycles. The van der Waals surface area contributed by atoms with Crippen molar-refractivity contribution >= 4 is 50.2 Å². The van der Waals surface area contributed by atoms with Gasteiger partial charge in [-0.15, -0.1) is 11.3 Å². The van der Waals surface area contributed by atoms with E-state index in [0.29, 0.717) is 0 Å². The van der Waals surface area contributed by atoms with Crippen LogP contribution >= 0.6 is 50.2 Å². The third-order valence-corrected chi connectivity index (χ3v) is 5.73. The third kappa shape index (κ3) is 2.15. The van der Waals surface area contributed by atoms with Crippen molar-refractivity contribution in [3.05, 3.63) is 41.6 Å². The van der Waals surface area contributed by atoms with E-state index in [9.17, 15) is 0 Å². The van der Waals surface area contributed by atoms with E-state index < -0.39 is 0 Å². The molecule has 5 heteroatoms. The van der Waals surface area contributed by atoms with Gasteiger partial charge in [0.25, 0.3) is 0 Å².